The zero-order valence-electron chi connectivity index (χ0n) is 11.7. The zero-order valence-corrected chi connectivity index (χ0v) is 12.5. The van der Waals surface area contributed by atoms with Crippen LogP contribution in [-0.4, -0.2) is 40.0 Å². The summed E-state index contributed by atoms with van der Waals surface area (Å²) in [6.45, 7) is 2.53. The predicted molar refractivity (Wildman–Crippen MR) is 75.8 cm³/mol. The van der Waals surface area contributed by atoms with Gasteiger partial charge < -0.3 is 4.57 Å². The number of fused-ring (bicyclic) bond motifs is 1. The van der Waals surface area contributed by atoms with Crippen LogP contribution in [0, 0.1) is 6.92 Å². The Balaban J connectivity index is 2.12. The van der Waals surface area contributed by atoms with Gasteiger partial charge in [0, 0.05) is 26.4 Å². The van der Waals surface area contributed by atoms with Gasteiger partial charge in [-0.05, 0) is 6.92 Å². The molecule has 0 saturated carbocycles. The molecule has 0 aliphatic rings. The van der Waals surface area contributed by atoms with E-state index >= 15 is 0 Å². The van der Waals surface area contributed by atoms with Gasteiger partial charge in [-0.3, -0.25) is 9.36 Å². The molecule has 106 valence electrons. The molecular weight excluding hydrogens is 278 g/mol. The third-order valence-corrected chi connectivity index (χ3v) is 3.42. The average Bonchev–Trinajstić information content (AvgIpc) is 3.02. The summed E-state index contributed by atoms with van der Waals surface area (Å²) < 4.78 is 5.63. The van der Waals surface area contributed by atoms with Crippen molar-refractivity contribution in [2.45, 2.75) is 19.9 Å². The van der Waals surface area contributed by atoms with Crippen molar-refractivity contribution in [2.75, 3.05) is 5.88 Å². The Morgan fingerprint density at radius 1 is 1.25 bits per heavy atom. The van der Waals surface area contributed by atoms with Crippen molar-refractivity contribution in [3.8, 4) is 0 Å². The Bertz CT molecular complexity index is 751. The van der Waals surface area contributed by atoms with Gasteiger partial charge >= 0.3 is 0 Å². The minimum atomic E-state index is 0.533. The molecular formula is C12H16ClN7. The Labute approximate surface area is 121 Å². The van der Waals surface area contributed by atoms with E-state index in [9.17, 15) is 0 Å². The minimum absolute atomic E-state index is 0.533. The summed E-state index contributed by atoms with van der Waals surface area (Å²) in [4.78, 5) is 8.93. The van der Waals surface area contributed by atoms with Gasteiger partial charge in [-0.25, -0.2) is 9.97 Å². The lowest BCUT2D eigenvalue weighted by atomic mass is 10.4. The lowest BCUT2D eigenvalue weighted by Crippen LogP contribution is -2.10. The molecule has 0 amide bonds. The van der Waals surface area contributed by atoms with Crippen LogP contribution in [0.1, 0.15) is 17.3 Å². The zero-order chi connectivity index (χ0) is 14.3. The quantitative estimate of drug-likeness (QED) is 0.674. The van der Waals surface area contributed by atoms with Crippen LogP contribution < -0.4 is 0 Å². The number of hydrogen-bond acceptors (Lipinski definition) is 4. The molecule has 0 unspecified atom stereocenters. The van der Waals surface area contributed by atoms with E-state index in [4.69, 9.17) is 11.6 Å². The highest BCUT2D eigenvalue weighted by atomic mass is 35.5. The maximum atomic E-state index is 5.88. The summed E-state index contributed by atoms with van der Waals surface area (Å²) in [5, 5.41) is 8.74. The van der Waals surface area contributed by atoms with Crippen molar-refractivity contribution in [1.82, 2.24) is 34.1 Å². The van der Waals surface area contributed by atoms with E-state index in [0.717, 1.165) is 28.5 Å². The number of nitrogens with zero attached hydrogens (tertiary/aromatic N) is 7. The Kier molecular flexibility index (Phi) is 3.21. The van der Waals surface area contributed by atoms with Crippen molar-refractivity contribution < 1.29 is 0 Å². The number of rotatable bonds is 4. The van der Waals surface area contributed by atoms with Gasteiger partial charge in [0.25, 0.3) is 0 Å². The molecule has 0 saturated heterocycles. The number of aromatic nitrogens is 7. The second kappa shape index (κ2) is 4.90. The summed E-state index contributed by atoms with van der Waals surface area (Å²) >= 11 is 5.88. The molecule has 8 heteroatoms. The molecule has 0 aliphatic carbocycles. The first-order chi connectivity index (χ1) is 9.60. The first-order valence-electron chi connectivity index (χ1n) is 6.39. The molecule has 0 fully saturated rings. The van der Waals surface area contributed by atoms with E-state index in [-0.39, 0.29) is 0 Å². The van der Waals surface area contributed by atoms with E-state index in [0.29, 0.717) is 18.8 Å². The van der Waals surface area contributed by atoms with Crippen LogP contribution in [0.5, 0.6) is 0 Å². The number of imidazole rings is 1. The molecule has 3 heterocycles. The largest absolute Gasteiger partial charge is 0.305 e. The third-order valence-electron chi connectivity index (χ3n) is 3.23. The predicted octanol–water partition coefficient (Wildman–Crippen LogP) is 1.04. The van der Waals surface area contributed by atoms with Gasteiger partial charge in [0.05, 0.1) is 12.2 Å². The maximum Gasteiger partial charge on any atom is 0.170 e. The van der Waals surface area contributed by atoms with Crippen LogP contribution in [0.25, 0.3) is 11.2 Å². The minimum Gasteiger partial charge on any atom is -0.305 e. The van der Waals surface area contributed by atoms with E-state index in [1.165, 1.54) is 0 Å². The topological polar surface area (TPSA) is 66.3 Å². The summed E-state index contributed by atoms with van der Waals surface area (Å²) in [6, 6.07) is 0. The van der Waals surface area contributed by atoms with Gasteiger partial charge in [0.2, 0.25) is 0 Å². The van der Waals surface area contributed by atoms with Crippen molar-refractivity contribution >= 4 is 22.8 Å². The smallest absolute Gasteiger partial charge is 0.170 e. The van der Waals surface area contributed by atoms with Crippen LogP contribution in [0.3, 0.4) is 0 Å². The van der Waals surface area contributed by atoms with E-state index < -0.39 is 0 Å². The first kappa shape index (κ1) is 13.1. The summed E-state index contributed by atoms with van der Waals surface area (Å²) in [5.74, 6) is 2.23. The van der Waals surface area contributed by atoms with Crippen LogP contribution in [0.15, 0.2) is 6.33 Å². The lowest BCUT2D eigenvalue weighted by Gasteiger charge is -2.06. The molecule has 20 heavy (non-hydrogen) atoms. The number of hydrogen-bond donors (Lipinski definition) is 0. The Morgan fingerprint density at radius 2 is 2.05 bits per heavy atom. The molecule has 0 spiro atoms. The fourth-order valence-electron chi connectivity index (χ4n) is 2.42. The van der Waals surface area contributed by atoms with E-state index in [2.05, 4.69) is 24.7 Å². The fraction of sp³-hybridized carbons (Fsp3) is 0.500. The maximum absolute atomic E-state index is 5.88. The molecule has 3 aromatic heterocycles. The fourth-order valence-corrected chi connectivity index (χ4v) is 2.59. The standard InChI is InChI=1S/C12H16ClN7/c1-8-11-12(19(3)16-8)20(10(15-11)4-5-13)6-9-14-7-18(2)17-9/h7H,4-6H2,1-3H3. The van der Waals surface area contributed by atoms with Gasteiger partial charge in [-0.15, -0.1) is 11.6 Å². The molecule has 3 rings (SSSR count). The highest BCUT2D eigenvalue weighted by Crippen LogP contribution is 2.20. The molecule has 3 aromatic rings. The van der Waals surface area contributed by atoms with Crippen molar-refractivity contribution in [3.05, 3.63) is 23.7 Å². The van der Waals surface area contributed by atoms with Crippen LogP contribution in [0.4, 0.5) is 0 Å². The molecule has 0 bridgehead atoms. The number of alkyl halides is 1. The van der Waals surface area contributed by atoms with Crippen LogP contribution >= 0.6 is 11.6 Å². The Morgan fingerprint density at radius 3 is 2.70 bits per heavy atom. The second-order valence-electron chi connectivity index (χ2n) is 4.77. The van der Waals surface area contributed by atoms with Gasteiger partial charge in [0.1, 0.15) is 17.7 Å². The van der Waals surface area contributed by atoms with Crippen LogP contribution in [0.2, 0.25) is 0 Å². The molecule has 0 aromatic carbocycles. The first-order valence-corrected chi connectivity index (χ1v) is 6.92. The number of halogens is 1. The van der Waals surface area contributed by atoms with Gasteiger partial charge in [-0.1, -0.05) is 0 Å². The average molecular weight is 294 g/mol. The van der Waals surface area contributed by atoms with Crippen LogP contribution in [-0.2, 0) is 27.1 Å². The monoisotopic (exact) mass is 293 g/mol. The molecule has 7 nitrogen and oxygen atoms in total. The van der Waals surface area contributed by atoms with Gasteiger partial charge in [-0.2, -0.15) is 10.2 Å². The summed E-state index contributed by atoms with van der Waals surface area (Å²) in [5.41, 5.74) is 2.82. The summed E-state index contributed by atoms with van der Waals surface area (Å²) in [6.07, 6.45) is 2.40. The van der Waals surface area contributed by atoms with E-state index in [1.54, 1.807) is 11.0 Å². The van der Waals surface area contributed by atoms with Crippen molar-refractivity contribution in [2.24, 2.45) is 14.1 Å². The highest BCUT2D eigenvalue weighted by Gasteiger charge is 2.18. The second-order valence-corrected chi connectivity index (χ2v) is 5.15. The SMILES string of the molecule is Cc1nn(C)c2c1nc(CCCl)n2Cc1ncn(C)n1. The molecule has 0 aliphatic heterocycles. The van der Waals surface area contributed by atoms with Gasteiger partial charge in [0.15, 0.2) is 11.5 Å². The third kappa shape index (κ3) is 2.07. The summed E-state index contributed by atoms with van der Waals surface area (Å²) in [7, 11) is 3.78. The molecule has 0 atom stereocenters. The number of aryl methyl sites for hydroxylation is 4. The van der Waals surface area contributed by atoms with E-state index in [1.807, 2.05) is 25.7 Å². The van der Waals surface area contributed by atoms with Crippen molar-refractivity contribution in [3.63, 3.8) is 0 Å². The Hall–Kier alpha value is -1.89. The molecule has 0 N–H and O–H groups in total. The normalized spacial score (nSPS) is 11.6. The lowest BCUT2D eigenvalue weighted by molar-refractivity contribution is 0.660. The molecule has 0 radical (unpaired) electrons. The van der Waals surface area contributed by atoms with Crippen molar-refractivity contribution in [1.29, 1.82) is 0 Å². The highest BCUT2D eigenvalue weighted by molar-refractivity contribution is 6.17.